The predicted octanol–water partition coefficient (Wildman–Crippen LogP) is 3.08. The molecule has 31 heavy (non-hydrogen) atoms. The average Bonchev–Trinajstić information content (AvgIpc) is 2.75. The lowest BCUT2D eigenvalue weighted by Crippen LogP contribution is -2.50. The summed E-state index contributed by atoms with van der Waals surface area (Å²) in [5.74, 6) is -2.22. The molecular weight excluding hydrogens is 426 g/mol. The molecule has 0 unspecified atom stereocenters. The summed E-state index contributed by atoms with van der Waals surface area (Å²) in [7, 11) is -4.21. The molecule has 166 valence electrons. The van der Waals surface area contributed by atoms with Crippen molar-refractivity contribution < 1.29 is 26.8 Å². The number of hydrogen-bond donors (Lipinski definition) is 0. The van der Waals surface area contributed by atoms with Crippen LogP contribution in [0, 0.1) is 25.5 Å². The van der Waals surface area contributed by atoms with E-state index in [1.165, 1.54) is 4.90 Å². The first-order valence-corrected chi connectivity index (χ1v) is 11.4. The number of Topliss-reactive ketones (excluding diaryl/α,β-unsaturated/α-hetero) is 1. The van der Waals surface area contributed by atoms with Gasteiger partial charge in [-0.25, -0.2) is 17.2 Å². The zero-order chi connectivity index (χ0) is 22.8. The highest BCUT2D eigenvalue weighted by atomic mass is 32.2. The van der Waals surface area contributed by atoms with Gasteiger partial charge in [0.05, 0.1) is 0 Å². The van der Waals surface area contributed by atoms with Crippen molar-refractivity contribution in [3.8, 4) is 0 Å². The highest BCUT2D eigenvalue weighted by Crippen LogP contribution is 2.22. The van der Waals surface area contributed by atoms with Gasteiger partial charge in [0, 0.05) is 44.6 Å². The van der Waals surface area contributed by atoms with Crippen molar-refractivity contribution in [2.75, 3.05) is 26.2 Å². The first-order valence-electron chi connectivity index (χ1n) is 9.93. The summed E-state index contributed by atoms with van der Waals surface area (Å²) in [5.41, 5.74) is 2.42. The van der Waals surface area contributed by atoms with Gasteiger partial charge in [-0.3, -0.25) is 9.59 Å². The maximum Gasteiger partial charge on any atom is 0.246 e. The van der Waals surface area contributed by atoms with Gasteiger partial charge in [0.2, 0.25) is 15.9 Å². The van der Waals surface area contributed by atoms with Crippen LogP contribution in [-0.4, -0.2) is 55.5 Å². The fourth-order valence-corrected chi connectivity index (χ4v) is 5.04. The Balaban J connectivity index is 1.58. The third kappa shape index (κ3) is 5.16. The molecule has 2 aromatic rings. The zero-order valence-corrected chi connectivity index (χ0v) is 18.2. The van der Waals surface area contributed by atoms with Crippen LogP contribution in [0.4, 0.5) is 8.78 Å². The summed E-state index contributed by atoms with van der Waals surface area (Å²) in [4.78, 5) is 25.8. The smallest absolute Gasteiger partial charge is 0.246 e. The molecular formula is C22H24F2N2O4S. The standard InChI is InChI=1S/C22H24F2N2O4S/c1-15-3-4-16(2)18(13-15)20(27)7-8-22(28)25-9-11-26(12-10-25)31(29,30)21-14-17(23)5-6-19(21)24/h3-6,13-14H,7-12H2,1-2H3. The van der Waals surface area contributed by atoms with Crippen LogP contribution >= 0.6 is 0 Å². The van der Waals surface area contributed by atoms with E-state index in [9.17, 15) is 26.8 Å². The normalized spacial score (nSPS) is 15.2. The van der Waals surface area contributed by atoms with Gasteiger partial charge in [0.25, 0.3) is 0 Å². The number of benzene rings is 2. The number of nitrogens with zero attached hydrogens (tertiary/aromatic N) is 2. The Kier molecular flexibility index (Phi) is 6.86. The summed E-state index contributed by atoms with van der Waals surface area (Å²) in [6.45, 7) is 3.91. The van der Waals surface area contributed by atoms with Crippen LogP contribution in [-0.2, 0) is 14.8 Å². The first-order chi connectivity index (χ1) is 14.6. The largest absolute Gasteiger partial charge is 0.340 e. The minimum absolute atomic E-state index is 0.0253. The van der Waals surface area contributed by atoms with E-state index in [4.69, 9.17) is 0 Å². The molecule has 0 atom stereocenters. The number of halogens is 2. The molecule has 0 aromatic heterocycles. The van der Waals surface area contributed by atoms with Gasteiger partial charge in [-0.1, -0.05) is 17.7 Å². The maximum atomic E-state index is 13.9. The second-order valence-corrected chi connectivity index (χ2v) is 9.51. The van der Waals surface area contributed by atoms with Crippen LogP contribution in [0.3, 0.4) is 0 Å². The third-order valence-corrected chi connectivity index (χ3v) is 7.28. The van der Waals surface area contributed by atoms with E-state index in [1.807, 2.05) is 26.0 Å². The Morgan fingerprint density at radius 1 is 0.935 bits per heavy atom. The van der Waals surface area contributed by atoms with Gasteiger partial charge in [-0.05, 0) is 43.7 Å². The highest BCUT2D eigenvalue weighted by Gasteiger charge is 2.32. The summed E-state index contributed by atoms with van der Waals surface area (Å²) in [6, 6.07) is 7.86. The van der Waals surface area contributed by atoms with E-state index in [0.717, 1.165) is 27.6 Å². The topological polar surface area (TPSA) is 74.8 Å². The monoisotopic (exact) mass is 450 g/mol. The third-order valence-electron chi connectivity index (χ3n) is 5.36. The SMILES string of the molecule is Cc1ccc(C)c(C(=O)CCC(=O)N2CCN(S(=O)(=O)c3cc(F)ccc3F)CC2)c1. The Labute approximate surface area is 180 Å². The highest BCUT2D eigenvalue weighted by molar-refractivity contribution is 7.89. The molecule has 0 N–H and O–H groups in total. The van der Waals surface area contributed by atoms with Crippen molar-refractivity contribution in [2.45, 2.75) is 31.6 Å². The van der Waals surface area contributed by atoms with Crippen molar-refractivity contribution in [2.24, 2.45) is 0 Å². The molecule has 6 nitrogen and oxygen atoms in total. The van der Waals surface area contributed by atoms with E-state index in [1.54, 1.807) is 6.07 Å². The van der Waals surface area contributed by atoms with Gasteiger partial charge in [-0.2, -0.15) is 4.31 Å². The van der Waals surface area contributed by atoms with Crippen LogP contribution < -0.4 is 0 Å². The van der Waals surface area contributed by atoms with Crippen LogP contribution in [0.5, 0.6) is 0 Å². The lowest BCUT2D eigenvalue weighted by Gasteiger charge is -2.34. The van der Waals surface area contributed by atoms with Crippen molar-refractivity contribution in [3.05, 3.63) is 64.7 Å². The molecule has 1 amide bonds. The van der Waals surface area contributed by atoms with Gasteiger partial charge in [0.1, 0.15) is 16.5 Å². The van der Waals surface area contributed by atoms with E-state index in [0.29, 0.717) is 11.6 Å². The maximum absolute atomic E-state index is 13.9. The fourth-order valence-electron chi connectivity index (χ4n) is 3.54. The minimum Gasteiger partial charge on any atom is -0.340 e. The number of ketones is 1. The number of piperazine rings is 1. The Morgan fingerprint density at radius 3 is 2.29 bits per heavy atom. The van der Waals surface area contributed by atoms with Gasteiger partial charge >= 0.3 is 0 Å². The second kappa shape index (κ2) is 9.23. The molecule has 0 bridgehead atoms. The molecule has 1 saturated heterocycles. The van der Waals surface area contributed by atoms with Gasteiger partial charge < -0.3 is 4.90 Å². The number of rotatable bonds is 6. The number of sulfonamides is 1. The number of amides is 1. The fraction of sp³-hybridized carbons (Fsp3) is 0.364. The molecule has 0 spiro atoms. The summed E-state index contributed by atoms with van der Waals surface area (Å²) in [5, 5.41) is 0. The lowest BCUT2D eigenvalue weighted by atomic mass is 9.99. The molecule has 1 aliphatic heterocycles. The molecule has 1 fully saturated rings. The summed E-state index contributed by atoms with van der Waals surface area (Å²) in [6.07, 6.45) is 0.0909. The Bertz CT molecular complexity index is 1110. The minimum atomic E-state index is -4.21. The predicted molar refractivity (Wildman–Crippen MR) is 111 cm³/mol. The van der Waals surface area contributed by atoms with Crippen LogP contribution in [0.1, 0.15) is 34.3 Å². The zero-order valence-electron chi connectivity index (χ0n) is 17.4. The molecule has 1 heterocycles. The molecule has 2 aromatic carbocycles. The molecule has 0 radical (unpaired) electrons. The Morgan fingerprint density at radius 2 is 1.61 bits per heavy atom. The van der Waals surface area contributed by atoms with Crippen molar-refractivity contribution in [1.82, 2.24) is 9.21 Å². The Hall–Kier alpha value is -2.65. The molecule has 1 aliphatic rings. The van der Waals surface area contributed by atoms with Crippen molar-refractivity contribution >= 4 is 21.7 Å². The van der Waals surface area contributed by atoms with Crippen molar-refractivity contribution in [1.29, 1.82) is 0 Å². The quantitative estimate of drug-likeness (QED) is 0.634. The van der Waals surface area contributed by atoms with Crippen LogP contribution in [0.2, 0.25) is 0 Å². The number of aryl methyl sites for hydroxylation is 2. The first kappa shape index (κ1) is 23.0. The van der Waals surface area contributed by atoms with Crippen LogP contribution in [0.15, 0.2) is 41.3 Å². The number of carbonyl (C=O) groups excluding carboxylic acids is 2. The number of carbonyl (C=O) groups is 2. The molecule has 0 saturated carbocycles. The van der Waals surface area contributed by atoms with E-state index in [-0.39, 0.29) is 50.7 Å². The van der Waals surface area contributed by atoms with Gasteiger partial charge in [0.15, 0.2) is 5.78 Å². The molecule has 3 rings (SSSR count). The summed E-state index contributed by atoms with van der Waals surface area (Å²) >= 11 is 0. The van der Waals surface area contributed by atoms with Crippen molar-refractivity contribution in [3.63, 3.8) is 0 Å². The van der Waals surface area contributed by atoms with E-state index >= 15 is 0 Å². The second-order valence-electron chi connectivity index (χ2n) is 7.60. The number of hydrogen-bond acceptors (Lipinski definition) is 4. The van der Waals surface area contributed by atoms with Gasteiger partial charge in [-0.15, -0.1) is 0 Å². The average molecular weight is 451 g/mol. The van der Waals surface area contributed by atoms with Crippen LogP contribution in [0.25, 0.3) is 0 Å². The molecule has 9 heteroatoms. The van der Waals surface area contributed by atoms with E-state index < -0.39 is 26.6 Å². The lowest BCUT2D eigenvalue weighted by molar-refractivity contribution is -0.132. The molecule has 0 aliphatic carbocycles. The summed E-state index contributed by atoms with van der Waals surface area (Å²) < 4.78 is 53.6. The van der Waals surface area contributed by atoms with E-state index in [2.05, 4.69) is 0 Å².